The molecule has 4 heterocycles. The highest BCUT2D eigenvalue weighted by atomic mass is 32.1. The minimum absolute atomic E-state index is 0.610. The van der Waals surface area contributed by atoms with Crippen LogP contribution in [0.5, 0.6) is 0 Å². The van der Waals surface area contributed by atoms with E-state index < -0.39 is 0 Å². The third kappa shape index (κ3) is 1.92. The highest BCUT2D eigenvalue weighted by molar-refractivity contribution is 7.17. The van der Waals surface area contributed by atoms with E-state index in [1.165, 1.54) is 30.4 Å². The van der Waals surface area contributed by atoms with E-state index in [1.54, 1.807) is 17.7 Å². The Morgan fingerprint density at radius 2 is 2.05 bits per heavy atom. The van der Waals surface area contributed by atoms with Crippen LogP contribution in [-0.4, -0.2) is 35.1 Å². The molecule has 2 aromatic rings. The molecular formula is C14H18N4S. The summed E-state index contributed by atoms with van der Waals surface area (Å²) in [4.78, 5) is 11.2. The van der Waals surface area contributed by atoms with Crippen LogP contribution in [-0.2, 0) is 0 Å². The van der Waals surface area contributed by atoms with Crippen molar-refractivity contribution in [3.05, 3.63) is 17.8 Å². The molecule has 2 unspecified atom stereocenters. The van der Waals surface area contributed by atoms with E-state index >= 15 is 0 Å². The molecule has 0 saturated carbocycles. The number of nitrogens with one attached hydrogen (secondary N) is 1. The van der Waals surface area contributed by atoms with Gasteiger partial charge in [-0.3, -0.25) is 0 Å². The van der Waals surface area contributed by atoms with Gasteiger partial charge in [0.1, 0.15) is 12.1 Å². The van der Waals surface area contributed by atoms with Gasteiger partial charge in [0.05, 0.1) is 10.2 Å². The lowest BCUT2D eigenvalue weighted by Gasteiger charge is -2.36. The lowest BCUT2D eigenvalue weighted by molar-refractivity contribution is 0.354. The number of aromatic nitrogens is 2. The number of fused-ring (bicyclic) bond motifs is 3. The first-order chi connectivity index (χ1) is 9.31. The van der Waals surface area contributed by atoms with E-state index in [9.17, 15) is 0 Å². The van der Waals surface area contributed by atoms with Crippen LogP contribution in [0, 0.1) is 0 Å². The maximum absolute atomic E-state index is 4.53. The van der Waals surface area contributed by atoms with Gasteiger partial charge in [0.25, 0.3) is 0 Å². The van der Waals surface area contributed by atoms with Crippen molar-refractivity contribution >= 4 is 27.4 Å². The first-order valence-corrected chi connectivity index (χ1v) is 7.86. The maximum Gasteiger partial charge on any atom is 0.150 e. The number of rotatable bonds is 2. The summed E-state index contributed by atoms with van der Waals surface area (Å²) in [6.45, 7) is 0. The molecule has 5 heteroatoms. The summed E-state index contributed by atoms with van der Waals surface area (Å²) in [7, 11) is 2.19. The van der Waals surface area contributed by atoms with Crippen LogP contribution in [0.4, 0.5) is 5.82 Å². The fraction of sp³-hybridized carbons (Fsp3) is 0.571. The Kier molecular flexibility index (Phi) is 2.70. The second kappa shape index (κ2) is 4.42. The summed E-state index contributed by atoms with van der Waals surface area (Å²) in [5, 5.41) is 5.80. The average Bonchev–Trinajstić information content (AvgIpc) is 3.04. The maximum atomic E-state index is 4.53. The Morgan fingerprint density at radius 3 is 2.84 bits per heavy atom. The smallest absolute Gasteiger partial charge is 0.150 e. The lowest BCUT2D eigenvalue weighted by Crippen LogP contribution is -2.47. The van der Waals surface area contributed by atoms with Gasteiger partial charge in [-0.15, -0.1) is 11.3 Å². The number of anilines is 1. The standard InChI is InChI=1S/C14H18N4S/c1-18(11-6-9-2-3-10(7-11)17-9)14-13-12(4-5-19-13)15-8-16-14/h4-5,8-11,17H,2-3,6-7H2,1H3. The molecule has 0 aromatic carbocycles. The molecule has 2 aliphatic heterocycles. The van der Waals surface area contributed by atoms with Gasteiger partial charge in [0, 0.05) is 25.2 Å². The van der Waals surface area contributed by atoms with Crippen LogP contribution in [0.3, 0.4) is 0 Å². The Labute approximate surface area is 116 Å². The summed E-state index contributed by atoms with van der Waals surface area (Å²) in [6.07, 6.45) is 6.85. The van der Waals surface area contributed by atoms with Crippen molar-refractivity contribution < 1.29 is 0 Å². The number of piperidine rings is 1. The molecule has 0 spiro atoms. The van der Waals surface area contributed by atoms with E-state index in [0.717, 1.165) is 11.3 Å². The predicted molar refractivity (Wildman–Crippen MR) is 78.8 cm³/mol. The van der Waals surface area contributed by atoms with Crippen molar-refractivity contribution in [2.75, 3.05) is 11.9 Å². The van der Waals surface area contributed by atoms with Crippen LogP contribution in [0.2, 0.25) is 0 Å². The van der Waals surface area contributed by atoms with Crippen molar-refractivity contribution in [1.82, 2.24) is 15.3 Å². The molecule has 2 aliphatic rings. The highest BCUT2D eigenvalue weighted by Crippen LogP contribution is 2.34. The summed E-state index contributed by atoms with van der Waals surface area (Å²) < 4.78 is 1.22. The monoisotopic (exact) mass is 274 g/mol. The van der Waals surface area contributed by atoms with Crippen LogP contribution >= 0.6 is 11.3 Å². The summed E-state index contributed by atoms with van der Waals surface area (Å²) in [6, 6.07) is 4.11. The Balaban J connectivity index is 1.66. The molecule has 2 aromatic heterocycles. The van der Waals surface area contributed by atoms with E-state index in [-0.39, 0.29) is 0 Å². The molecule has 4 nitrogen and oxygen atoms in total. The molecule has 0 aliphatic carbocycles. The fourth-order valence-corrected chi connectivity index (χ4v) is 4.42. The fourth-order valence-electron chi connectivity index (χ4n) is 3.54. The normalized spacial score (nSPS) is 29.8. The zero-order chi connectivity index (χ0) is 12.8. The molecule has 2 atom stereocenters. The van der Waals surface area contributed by atoms with E-state index in [1.807, 2.05) is 0 Å². The minimum Gasteiger partial charge on any atom is -0.355 e. The molecule has 2 fully saturated rings. The van der Waals surface area contributed by atoms with Gasteiger partial charge in [0.15, 0.2) is 0 Å². The molecule has 2 bridgehead atoms. The van der Waals surface area contributed by atoms with Crippen LogP contribution in [0.25, 0.3) is 10.2 Å². The number of thiophene rings is 1. The van der Waals surface area contributed by atoms with Gasteiger partial charge in [-0.2, -0.15) is 0 Å². The lowest BCUT2D eigenvalue weighted by atomic mass is 9.98. The quantitative estimate of drug-likeness (QED) is 0.913. The Bertz CT molecular complexity index is 584. The number of nitrogens with zero attached hydrogens (tertiary/aromatic N) is 3. The topological polar surface area (TPSA) is 41.1 Å². The predicted octanol–water partition coefficient (Wildman–Crippen LogP) is 2.41. The third-order valence-corrected chi connectivity index (χ3v) is 5.45. The molecular weight excluding hydrogens is 256 g/mol. The second-order valence-corrected chi connectivity index (χ2v) is 6.62. The number of hydrogen-bond acceptors (Lipinski definition) is 5. The van der Waals surface area contributed by atoms with Crippen molar-refractivity contribution in [3.63, 3.8) is 0 Å². The average molecular weight is 274 g/mol. The molecule has 100 valence electrons. The van der Waals surface area contributed by atoms with Gasteiger partial charge in [-0.25, -0.2) is 9.97 Å². The molecule has 0 radical (unpaired) electrons. The van der Waals surface area contributed by atoms with Gasteiger partial charge in [0.2, 0.25) is 0 Å². The molecule has 19 heavy (non-hydrogen) atoms. The number of hydrogen-bond donors (Lipinski definition) is 1. The zero-order valence-electron chi connectivity index (χ0n) is 11.0. The largest absolute Gasteiger partial charge is 0.355 e. The first kappa shape index (κ1) is 11.6. The summed E-state index contributed by atoms with van der Waals surface area (Å²) in [5.74, 6) is 1.10. The van der Waals surface area contributed by atoms with E-state index in [2.05, 4.69) is 38.7 Å². The van der Waals surface area contributed by atoms with Crippen LogP contribution in [0.15, 0.2) is 17.8 Å². The Morgan fingerprint density at radius 1 is 1.26 bits per heavy atom. The van der Waals surface area contributed by atoms with Crippen molar-refractivity contribution in [1.29, 1.82) is 0 Å². The highest BCUT2D eigenvalue weighted by Gasteiger charge is 2.35. The minimum atomic E-state index is 0.610. The summed E-state index contributed by atoms with van der Waals surface area (Å²) >= 11 is 1.74. The van der Waals surface area contributed by atoms with Crippen molar-refractivity contribution in [2.24, 2.45) is 0 Å². The molecule has 4 rings (SSSR count). The van der Waals surface area contributed by atoms with Gasteiger partial charge in [-0.1, -0.05) is 0 Å². The van der Waals surface area contributed by atoms with E-state index in [0.29, 0.717) is 18.1 Å². The Hall–Kier alpha value is -1.20. The zero-order valence-corrected chi connectivity index (χ0v) is 11.9. The van der Waals surface area contributed by atoms with Crippen LogP contribution in [0.1, 0.15) is 25.7 Å². The summed E-state index contributed by atoms with van der Waals surface area (Å²) in [5.41, 5.74) is 1.07. The first-order valence-electron chi connectivity index (χ1n) is 6.98. The third-order valence-electron chi connectivity index (χ3n) is 4.55. The van der Waals surface area contributed by atoms with Crippen molar-refractivity contribution in [3.8, 4) is 0 Å². The SMILES string of the molecule is CN(c1ncnc2ccsc12)C1CC2CCC(C1)N2. The second-order valence-electron chi connectivity index (χ2n) is 5.71. The molecule has 1 N–H and O–H groups in total. The molecule has 2 saturated heterocycles. The van der Waals surface area contributed by atoms with Crippen molar-refractivity contribution in [2.45, 2.75) is 43.8 Å². The van der Waals surface area contributed by atoms with Gasteiger partial charge < -0.3 is 10.2 Å². The van der Waals surface area contributed by atoms with Gasteiger partial charge >= 0.3 is 0 Å². The van der Waals surface area contributed by atoms with Crippen LogP contribution < -0.4 is 10.2 Å². The van der Waals surface area contributed by atoms with E-state index in [4.69, 9.17) is 0 Å². The van der Waals surface area contributed by atoms with Gasteiger partial charge in [-0.05, 0) is 37.1 Å². The molecule has 0 amide bonds.